The molecule has 126 valence electrons. The molecule has 0 saturated heterocycles. The van der Waals surface area contributed by atoms with E-state index >= 15 is 0 Å². The van der Waals surface area contributed by atoms with Gasteiger partial charge < -0.3 is 10.2 Å². The Morgan fingerprint density at radius 1 is 1.26 bits per heavy atom. The van der Waals surface area contributed by atoms with E-state index in [1.165, 1.54) is 0 Å². The molecule has 23 heavy (non-hydrogen) atoms. The highest BCUT2D eigenvalue weighted by Crippen LogP contribution is 2.63. The number of hydrogen-bond donors (Lipinski definition) is 2. The highest BCUT2D eigenvalue weighted by atomic mass is 16.3. The lowest BCUT2D eigenvalue weighted by Crippen LogP contribution is -2.58. The Morgan fingerprint density at radius 2 is 1.91 bits per heavy atom. The first kappa shape index (κ1) is 16.7. The largest absolute Gasteiger partial charge is 0.393 e. The van der Waals surface area contributed by atoms with Crippen LogP contribution in [-0.4, -0.2) is 27.7 Å². The summed E-state index contributed by atoms with van der Waals surface area (Å²) in [5, 5.41) is 21.9. The minimum Gasteiger partial charge on any atom is -0.393 e. The van der Waals surface area contributed by atoms with Crippen molar-refractivity contribution in [2.75, 3.05) is 0 Å². The minimum absolute atomic E-state index is 0.0228. The third-order valence-corrected chi connectivity index (χ3v) is 7.02. The molecule has 0 radical (unpaired) electrons. The molecule has 0 aromatic heterocycles. The number of allylic oxidation sites excluding steroid dienone is 2. The molecule has 3 rings (SSSR count). The Kier molecular flexibility index (Phi) is 3.55. The van der Waals surface area contributed by atoms with E-state index in [0.717, 1.165) is 18.4 Å². The molecule has 3 aliphatic carbocycles. The van der Waals surface area contributed by atoms with Crippen LogP contribution in [0, 0.1) is 16.7 Å². The fourth-order valence-corrected chi connectivity index (χ4v) is 5.58. The smallest absolute Gasteiger partial charge is 0.182 e. The van der Waals surface area contributed by atoms with Crippen molar-refractivity contribution in [3.05, 3.63) is 35.5 Å². The molecule has 0 aromatic carbocycles. The van der Waals surface area contributed by atoms with Gasteiger partial charge in [0.1, 0.15) is 5.60 Å². The number of hydrogen-bond acceptors (Lipinski definition) is 3. The summed E-state index contributed by atoms with van der Waals surface area (Å²) in [4.78, 5) is 12.5. The number of carbonyl (C=O) groups excluding carboxylic acids is 1. The third kappa shape index (κ3) is 1.99. The Morgan fingerprint density at radius 3 is 2.52 bits per heavy atom. The number of aliphatic hydroxyl groups excluding tert-OH is 1. The molecule has 1 unspecified atom stereocenters. The summed E-state index contributed by atoms with van der Waals surface area (Å²) in [5.74, 6) is 0.230. The molecule has 0 spiro atoms. The first-order valence-electron chi connectivity index (χ1n) is 8.60. The Balaban J connectivity index is 2.16. The summed E-state index contributed by atoms with van der Waals surface area (Å²) in [5.41, 5.74) is 0.547. The maximum absolute atomic E-state index is 12.5. The second kappa shape index (κ2) is 4.90. The van der Waals surface area contributed by atoms with E-state index in [2.05, 4.69) is 27.4 Å². The van der Waals surface area contributed by atoms with Crippen molar-refractivity contribution in [3.63, 3.8) is 0 Å². The molecule has 0 heterocycles. The fraction of sp³-hybridized carbons (Fsp3) is 0.650. The Hall–Kier alpha value is -1.19. The molecule has 2 fully saturated rings. The molecule has 2 N–H and O–H groups in total. The highest BCUT2D eigenvalue weighted by molar-refractivity contribution is 6.07. The van der Waals surface area contributed by atoms with Gasteiger partial charge in [0.25, 0.3) is 0 Å². The number of rotatable bonds is 1. The van der Waals surface area contributed by atoms with Crippen molar-refractivity contribution < 1.29 is 15.0 Å². The summed E-state index contributed by atoms with van der Waals surface area (Å²) in [7, 11) is 0. The lowest BCUT2D eigenvalue weighted by atomic mass is 9.45. The quantitative estimate of drug-likeness (QED) is 0.780. The molecular weight excluding hydrogens is 288 g/mol. The number of ketones is 1. The van der Waals surface area contributed by atoms with Gasteiger partial charge >= 0.3 is 0 Å². The Labute approximate surface area is 138 Å². The number of carbonyl (C=O) groups is 1. The Bertz CT molecular complexity index is 639. The minimum atomic E-state index is -1.08. The van der Waals surface area contributed by atoms with Crippen LogP contribution in [0.5, 0.6) is 0 Å². The van der Waals surface area contributed by atoms with Crippen LogP contribution in [-0.2, 0) is 4.79 Å². The van der Waals surface area contributed by atoms with Crippen molar-refractivity contribution in [1.82, 2.24) is 0 Å². The zero-order valence-corrected chi connectivity index (χ0v) is 14.6. The standard InChI is InChI=1S/C20H28O3/c1-6-13-12(2)14(21)11-16-19(5)9-8-17(22)18(3,4)15(19)7-10-20(13,16)23/h6,11,15,17,22-23H,1,7-10H2,2-5H3/t15?,17-,19-,20+/m1/s1. The lowest BCUT2D eigenvalue weighted by molar-refractivity contribution is -0.121. The molecule has 0 amide bonds. The van der Waals surface area contributed by atoms with Crippen molar-refractivity contribution in [3.8, 4) is 0 Å². The van der Waals surface area contributed by atoms with Gasteiger partial charge in [0.15, 0.2) is 5.78 Å². The van der Waals surface area contributed by atoms with Gasteiger partial charge in [0, 0.05) is 5.57 Å². The van der Waals surface area contributed by atoms with Crippen LogP contribution in [0.2, 0.25) is 0 Å². The topological polar surface area (TPSA) is 57.5 Å². The molecule has 0 aliphatic heterocycles. The van der Waals surface area contributed by atoms with E-state index in [1.807, 2.05) is 0 Å². The van der Waals surface area contributed by atoms with Crippen molar-refractivity contribution in [1.29, 1.82) is 0 Å². The maximum Gasteiger partial charge on any atom is 0.182 e. The zero-order chi connectivity index (χ0) is 17.2. The molecule has 4 atom stereocenters. The lowest BCUT2D eigenvalue weighted by Gasteiger charge is -2.61. The van der Waals surface area contributed by atoms with E-state index in [0.29, 0.717) is 24.0 Å². The average Bonchev–Trinajstić information content (AvgIpc) is 2.47. The first-order chi connectivity index (χ1) is 10.6. The van der Waals surface area contributed by atoms with Gasteiger partial charge in [-0.25, -0.2) is 0 Å². The van der Waals surface area contributed by atoms with Gasteiger partial charge in [-0.3, -0.25) is 4.79 Å². The van der Waals surface area contributed by atoms with Crippen LogP contribution >= 0.6 is 0 Å². The van der Waals surface area contributed by atoms with Gasteiger partial charge in [-0.05, 0) is 66.6 Å². The normalized spacial score (nSPS) is 42.7. The van der Waals surface area contributed by atoms with Gasteiger partial charge in [-0.2, -0.15) is 0 Å². The second-order valence-corrected chi connectivity index (χ2v) is 8.41. The van der Waals surface area contributed by atoms with E-state index < -0.39 is 5.60 Å². The molecule has 2 saturated carbocycles. The monoisotopic (exact) mass is 316 g/mol. The van der Waals surface area contributed by atoms with Crippen LogP contribution in [0.15, 0.2) is 35.5 Å². The fourth-order valence-electron chi connectivity index (χ4n) is 5.58. The van der Waals surface area contributed by atoms with Crippen molar-refractivity contribution in [2.45, 2.75) is 65.1 Å². The zero-order valence-electron chi connectivity index (χ0n) is 14.6. The predicted octanol–water partition coefficient (Wildman–Crippen LogP) is 3.33. The van der Waals surface area contributed by atoms with Crippen LogP contribution < -0.4 is 0 Å². The molecule has 0 aromatic rings. The molecule has 3 aliphatic rings. The van der Waals surface area contributed by atoms with Crippen LogP contribution in [0.1, 0.15) is 53.4 Å². The van der Waals surface area contributed by atoms with Gasteiger partial charge in [0.05, 0.1) is 6.10 Å². The van der Waals surface area contributed by atoms with E-state index in [1.54, 1.807) is 19.1 Å². The average molecular weight is 316 g/mol. The van der Waals surface area contributed by atoms with Crippen LogP contribution in [0.3, 0.4) is 0 Å². The van der Waals surface area contributed by atoms with Crippen LogP contribution in [0.25, 0.3) is 0 Å². The van der Waals surface area contributed by atoms with Crippen molar-refractivity contribution >= 4 is 5.78 Å². The summed E-state index contributed by atoms with van der Waals surface area (Å²) in [6, 6.07) is 0. The number of aliphatic hydroxyl groups is 2. The van der Waals surface area contributed by atoms with E-state index in [4.69, 9.17) is 0 Å². The van der Waals surface area contributed by atoms with Gasteiger partial charge in [-0.1, -0.05) is 33.4 Å². The predicted molar refractivity (Wildman–Crippen MR) is 90.8 cm³/mol. The first-order valence-corrected chi connectivity index (χ1v) is 8.60. The summed E-state index contributed by atoms with van der Waals surface area (Å²) in [6.45, 7) is 12.0. The molecule has 0 bridgehead atoms. The van der Waals surface area contributed by atoms with E-state index in [9.17, 15) is 15.0 Å². The third-order valence-electron chi connectivity index (χ3n) is 7.02. The van der Waals surface area contributed by atoms with Crippen molar-refractivity contribution in [2.24, 2.45) is 16.7 Å². The molecule has 3 nitrogen and oxygen atoms in total. The number of fused-ring (bicyclic) bond motifs is 3. The SMILES string of the molecule is C=CC1=C(C)C(=O)C=C2[C@]1(O)CCC1C(C)(C)[C@H](O)CC[C@@]21C. The molecule has 3 heteroatoms. The summed E-state index contributed by atoms with van der Waals surface area (Å²) >= 11 is 0. The second-order valence-electron chi connectivity index (χ2n) is 8.41. The van der Waals surface area contributed by atoms with Gasteiger partial charge in [0.2, 0.25) is 0 Å². The van der Waals surface area contributed by atoms with Gasteiger partial charge in [-0.15, -0.1) is 0 Å². The van der Waals surface area contributed by atoms with Crippen LogP contribution in [0.4, 0.5) is 0 Å². The summed E-state index contributed by atoms with van der Waals surface area (Å²) < 4.78 is 0. The summed E-state index contributed by atoms with van der Waals surface area (Å²) in [6.07, 6.45) is 5.91. The molecular formula is C20H28O3. The van der Waals surface area contributed by atoms with E-state index in [-0.39, 0.29) is 28.6 Å². The highest BCUT2D eigenvalue weighted by Gasteiger charge is 2.60. The maximum atomic E-state index is 12.5.